The van der Waals surface area contributed by atoms with Crippen LogP contribution >= 0.6 is 0 Å². The molecule has 2 N–H and O–H groups in total. The van der Waals surface area contributed by atoms with Gasteiger partial charge < -0.3 is 29.7 Å². The van der Waals surface area contributed by atoms with E-state index in [1.165, 1.54) is 42.8 Å². The molecule has 2 aromatic carbocycles. The second-order valence-electron chi connectivity index (χ2n) is 12.1. The molecule has 0 bridgehead atoms. The number of nitrogens with zero attached hydrogens (tertiary/aromatic N) is 4. The molecule has 2 fully saturated rings. The minimum absolute atomic E-state index is 0.0128. The maximum Gasteiger partial charge on any atom is 0.262 e. The van der Waals surface area contributed by atoms with Crippen LogP contribution in [0.15, 0.2) is 53.6 Å². The van der Waals surface area contributed by atoms with Gasteiger partial charge in [-0.2, -0.15) is 0 Å². The van der Waals surface area contributed by atoms with Crippen molar-refractivity contribution < 1.29 is 23.4 Å². The van der Waals surface area contributed by atoms with Crippen molar-refractivity contribution in [3.05, 3.63) is 65.0 Å². The number of fused-ring (bicyclic) bond motifs is 1. The summed E-state index contributed by atoms with van der Waals surface area (Å²) in [6.07, 6.45) is 9.02. The molecule has 0 radical (unpaired) electrons. The van der Waals surface area contributed by atoms with Gasteiger partial charge in [-0.25, -0.2) is 9.37 Å². The lowest BCUT2D eigenvalue weighted by atomic mass is 9.84. The van der Waals surface area contributed by atoms with E-state index < -0.39 is 5.82 Å². The Morgan fingerprint density at radius 3 is 2.49 bits per heavy atom. The number of carbonyl (C=O) groups excluding carboxylic acids is 1. The number of likely N-dealkylation sites (tertiary alicyclic amines) is 1. The summed E-state index contributed by atoms with van der Waals surface area (Å²) in [5.41, 5.74) is 0.875. The van der Waals surface area contributed by atoms with Crippen molar-refractivity contribution in [3.63, 3.8) is 0 Å². The number of hydrogen-bond donors (Lipinski definition) is 2. The first-order valence-electron chi connectivity index (χ1n) is 16.2. The molecule has 2 atom stereocenters. The zero-order valence-corrected chi connectivity index (χ0v) is 27.1. The molecule has 6 rings (SSSR count). The highest BCUT2D eigenvalue weighted by Crippen LogP contribution is 2.38. The van der Waals surface area contributed by atoms with Crippen LogP contribution in [0, 0.1) is 11.7 Å². The van der Waals surface area contributed by atoms with Crippen molar-refractivity contribution in [2.45, 2.75) is 44.6 Å². The van der Waals surface area contributed by atoms with E-state index in [-0.39, 0.29) is 34.7 Å². The number of anilines is 1. The van der Waals surface area contributed by atoms with Gasteiger partial charge in [0.25, 0.3) is 5.56 Å². The van der Waals surface area contributed by atoms with Gasteiger partial charge in [-0.1, -0.05) is 18.9 Å². The highest BCUT2D eigenvalue weighted by atomic mass is 19.1. The number of rotatable bonds is 11. The Bertz CT molecular complexity index is 1810. The van der Waals surface area contributed by atoms with E-state index in [0.717, 1.165) is 45.3 Å². The molecule has 1 amide bonds. The Labute approximate surface area is 273 Å². The number of carbonyl (C=O) groups is 1. The first-order chi connectivity index (χ1) is 22.9. The van der Waals surface area contributed by atoms with E-state index in [1.807, 2.05) is 0 Å². The van der Waals surface area contributed by atoms with Gasteiger partial charge in [-0.3, -0.25) is 19.1 Å². The molecule has 4 aromatic rings. The number of halogens is 1. The Hall–Kier alpha value is -4.71. The molecular weight excluding hydrogens is 603 g/mol. The van der Waals surface area contributed by atoms with Crippen molar-refractivity contribution in [3.8, 4) is 34.1 Å². The van der Waals surface area contributed by atoms with Crippen LogP contribution in [0.4, 0.5) is 10.3 Å². The second-order valence-corrected chi connectivity index (χ2v) is 12.1. The third kappa shape index (κ3) is 7.02. The van der Waals surface area contributed by atoms with E-state index in [9.17, 15) is 9.59 Å². The summed E-state index contributed by atoms with van der Waals surface area (Å²) >= 11 is 0. The SMILES string of the molecule is COc1cc2nccc(Oc3ccc(-c4cnc(N[C@@H]5CCCC[C@@H]5C(=O)NCCN5CCCC5)n(C)c4=O)cc3F)c2cc1OC. The number of methoxy groups -OCH3 is 2. The standard InChI is InChI=1S/C35H41FN6O5/c1-41-34(44)25(21-39-35(41)40-27-9-5-4-8-23(27)33(43)38-14-17-42-15-6-7-16-42)22-10-11-30(26(36)18-22)47-29-12-13-37-28-20-32(46-3)31(45-2)19-24(28)29/h10-13,18-21,23,27H,4-9,14-17H2,1-3H3,(H,38,43)(H,39,40)/t23-,27+/m0/s1. The molecule has 2 aliphatic rings. The van der Waals surface area contributed by atoms with Gasteiger partial charge in [0.05, 0.1) is 31.2 Å². The maximum atomic E-state index is 15.4. The molecule has 2 aromatic heterocycles. The summed E-state index contributed by atoms with van der Waals surface area (Å²) in [4.78, 5) is 37.9. The fourth-order valence-corrected chi connectivity index (χ4v) is 6.54. The Balaban J connectivity index is 1.16. The van der Waals surface area contributed by atoms with E-state index >= 15 is 4.39 Å². The van der Waals surface area contributed by atoms with E-state index in [4.69, 9.17) is 14.2 Å². The van der Waals surface area contributed by atoms with Gasteiger partial charge in [0.15, 0.2) is 23.1 Å². The molecular formula is C35H41FN6O5. The molecule has 11 nitrogen and oxygen atoms in total. The zero-order chi connectivity index (χ0) is 32.9. The number of benzene rings is 2. The third-order valence-corrected chi connectivity index (χ3v) is 9.18. The van der Waals surface area contributed by atoms with Crippen LogP contribution in [0.25, 0.3) is 22.0 Å². The minimum atomic E-state index is -0.641. The lowest BCUT2D eigenvalue weighted by Gasteiger charge is -2.32. The maximum absolute atomic E-state index is 15.4. The van der Waals surface area contributed by atoms with Crippen LogP contribution in [0.3, 0.4) is 0 Å². The zero-order valence-electron chi connectivity index (χ0n) is 27.1. The number of hydrogen-bond acceptors (Lipinski definition) is 9. The van der Waals surface area contributed by atoms with Gasteiger partial charge in [0, 0.05) is 50.0 Å². The second kappa shape index (κ2) is 14.4. The first-order valence-corrected chi connectivity index (χ1v) is 16.2. The van der Waals surface area contributed by atoms with E-state index in [0.29, 0.717) is 46.2 Å². The predicted molar refractivity (Wildman–Crippen MR) is 178 cm³/mol. The molecule has 1 aliphatic carbocycles. The van der Waals surface area contributed by atoms with Gasteiger partial charge in [-0.05, 0) is 68.6 Å². The molecule has 12 heteroatoms. The van der Waals surface area contributed by atoms with Crippen molar-refractivity contribution in [2.75, 3.05) is 45.7 Å². The van der Waals surface area contributed by atoms with Crippen LogP contribution in [0.5, 0.6) is 23.0 Å². The number of pyridine rings is 1. The van der Waals surface area contributed by atoms with Crippen molar-refractivity contribution in [1.82, 2.24) is 24.8 Å². The minimum Gasteiger partial charge on any atom is -0.493 e. The van der Waals surface area contributed by atoms with Crippen LogP contribution in [-0.4, -0.2) is 71.8 Å². The van der Waals surface area contributed by atoms with Crippen LogP contribution in [-0.2, 0) is 11.8 Å². The molecule has 1 aliphatic heterocycles. The average molecular weight is 645 g/mol. The van der Waals surface area contributed by atoms with Gasteiger partial charge >= 0.3 is 0 Å². The molecule has 3 heterocycles. The third-order valence-electron chi connectivity index (χ3n) is 9.18. The van der Waals surface area contributed by atoms with Crippen molar-refractivity contribution in [1.29, 1.82) is 0 Å². The highest BCUT2D eigenvalue weighted by molar-refractivity contribution is 5.88. The summed E-state index contributed by atoms with van der Waals surface area (Å²) in [7, 11) is 4.70. The summed E-state index contributed by atoms with van der Waals surface area (Å²) in [6.45, 7) is 3.70. The summed E-state index contributed by atoms with van der Waals surface area (Å²) in [6, 6.07) is 9.32. The lowest BCUT2D eigenvalue weighted by molar-refractivity contribution is -0.126. The average Bonchev–Trinajstić information content (AvgIpc) is 3.61. The van der Waals surface area contributed by atoms with Crippen molar-refractivity contribution >= 4 is 22.8 Å². The quantitative estimate of drug-likeness (QED) is 0.229. The smallest absolute Gasteiger partial charge is 0.262 e. The summed E-state index contributed by atoms with van der Waals surface area (Å²) in [5.74, 6) is 0.947. The van der Waals surface area contributed by atoms with E-state index in [2.05, 4.69) is 25.5 Å². The Kier molecular flexibility index (Phi) is 9.86. The monoisotopic (exact) mass is 644 g/mol. The van der Waals surface area contributed by atoms with Crippen LogP contribution < -0.4 is 30.4 Å². The molecule has 47 heavy (non-hydrogen) atoms. The van der Waals surface area contributed by atoms with Gasteiger partial charge in [-0.15, -0.1) is 0 Å². The Morgan fingerprint density at radius 1 is 0.957 bits per heavy atom. The highest BCUT2D eigenvalue weighted by Gasteiger charge is 2.32. The lowest BCUT2D eigenvalue weighted by Crippen LogP contribution is -2.45. The van der Waals surface area contributed by atoms with Crippen LogP contribution in [0.1, 0.15) is 38.5 Å². The fourth-order valence-electron chi connectivity index (χ4n) is 6.54. The molecule has 248 valence electrons. The van der Waals surface area contributed by atoms with Gasteiger partial charge in [0.2, 0.25) is 11.9 Å². The molecule has 0 unspecified atom stereocenters. The van der Waals surface area contributed by atoms with E-state index in [1.54, 1.807) is 44.6 Å². The number of ether oxygens (including phenoxy) is 3. The van der Waals surface area contributed by atoms with Crippen LogP contribution in [0.2, 0.25) is 0 Å². The molecule has 0 spiro atoms. The first kappa shape index (κ1) is 32.2. The topological polar surface area (TPSA) is 120 Å². The molecule has 1 saturated heterocycles. The molecule has 1 saturated carbocycles. The number of aromatic nitrogens is 3. The fraction of sp³-hybridized carbons (Fsp3) is 0.429. The predicted octanol–water partition coefficient (Wildman–Crippen LogP) is 5.13. The summed E-state index contributed by atoms with van der Waals surface area (Å²) in [5, 5.41) is 7.12. The van der Waals surface area contributed by atoms with Crippen molar-refractivity contribution in [2.24, 2.45) is 13.0 Å². The van der Waals surface area contributed by atoms with Gasteiger partial charge in [0.1, 0.15) is 5.75 Å². The summed E-state index contributed by atoms with van der Waals surface area (Å²) < 4.78 is 33.6. The Morgan fingerprint density at radius 2 is 1.72 bits per heavy atom. The number of nitrogens with one attached hydrogen (secondary N) is 2. The largest absolute Gasteiger partial charge is 0.493 e. The number of amides is 1. The normalized spacial score (nSPS) is 18.2.